The Labute approximate surface area is 131 Å². The van der Waals surface area contributed by atoms with Crippen molar-refractivity contribution >= 4 is 55.9 Å². The number of nitrogens with two attached hydrogens (primary N) is 1. The fraction of sp³-hybridized carbons (Fsp3) is 0. The van der Waals surface area contributed by atoms with Crippen LogP contribution in [0.4, 0.5) is 11.5 Å². The SMILES string of the molecule is Nc1cnc(NC(=O)c2ccc(I)c(O)c2)c(Br)c1. The number of halogens is 2. The number of hydrogen-bond acceptors (Lipinski definition) is 4. The van der Waals surface area contributed by atoms with Gasteiger partial charge < -0.3 is 16.2 Å². The van der Waals surface area contributed by atoms with Crippen molar-refractivity contribution in [2.24, 2.45) is 0 Å². The lowest BCUT2D eigenvalue weighted by atomic mass is 10.2. The Morgan fingerprint density at radius 1 is 1.42 bits per heavy atom. The Balaban J connectivity index is 2.23. The van der Waals surface area contributed by atoms with Crippen molar-refractivity contribution in [1.29, 1.82) is 0 Å². The monoisotopic (exact) mass is 433 g/mol. The predicted octanol–water partition coefficient (Wildman–Crippen LogP) is 2.99. The number of phenolic OH excluding ortho intramolecular Hbond substituents is 1. The zero-order valence-corrected chi connectivity index (χ0v) is 13.3. The summed E-state index contributed by atoms with van der Waals surface area (Å²) in [4.78, 5) is 16.0. The topological polar surface area (TPSA) is 88.2 Å². The maximum absolute atomic E-state index is 12.0. The van der Waals surface area contributed by atoms with Crippen molar-refractivity contribution in [3.05, 3.63) is 44.1 Å². The van der Waals surface area contributed by atoms with Crippen LogP contribution in [0, 0.1) is 3.57 Å². The van der Waals surface area contributed by atoms with Gasteiger partial charge >= 0.3 is 0 Å². The van der Waals surface area contributed by atoms with Gasteiger partial charge in [0.05, 0.1) is 19.9 Å². The normalized spacial score (nSPS) is 10.2. The fourth-order valence-electron chi connectivity index (χ4n) is 1.38. The van der Waals surface area contributed by atoms with E-state index in [-0.39, 0.29) is 11.7 Å². The van der Waals surface area contributed by atoms with E-state index in [9.17, 15) is 9.90 Å². The average Bonchev–Trinajstić information content (AvgIpc) is 2.36. The standard InChI is InChI=1S/C12H9BrIN3O2/c13-8-4-7(15)5-16-11(8)17-12(19)6-1-2-9(14)10(18)3-6/h1-5,18H,15H2,(H,16,17,19). The van der Waals surface area contributed by atoms with Crippen LogP contribution in [-0.4, -0.2) is 16.0 Å². The van der Waals surface area contributed by atoms with Gasteiger partial charge in [0.2, 0.25) is 0 Å². The summed E-state index contributed by atoms with van der Waals surface area (Å²) >= 11 is 5.25. The molecule has 2 aromatic rings. The zero-order valence-electron chi connectivity index (χ0n) is 9.52. The molecule has 2 rings (SSSR count). The largest absolute Gasteiger partial charge is 0.507 e. The number of aromatic hydroxyl groups is 1. The second-order valence-corrected chi connectivity index (χ2v) is 5.74. The molecule has 0 bridgehead atoms. The van der Waals surface area contributed by atoms with E-state index in [0.717, 1.165) is 0 Å². The summed E-state index contributed by atoms with van der Waals surface area (Å²) in [7, 11) is 0. The van der Waals surface area contributed by atoms with Crippen LogP contribution in [-0.2, 0) is 0 Å². The van der Waals surface area contributed by atoms with Crippen LogP contribution in [0.5, 0.6) is 5.75 Å². The van der Waals surface area contributed by atoms with E-state index >= 15 is 0 Å². The van der Waals surface area contributed by atoms with E-state index in [4.69, 9.17) is 5.73 Å². The van der Waals surface area contributed by atoms with E-state index < -0.39 is 0 Å². The Bertz CT molecular complexity index is 649. The smallest absolute Gasteiger partial charge is 0.256 e. The Hall–Kier alpha value is -1.35. The number of carbonyl (C=O) groups excluding carboxylic acids is 1. The highest BCUT2D eigenvalue weighted by atomic mass is 127. The molecule has 0 aliphatic heterocycles. The van der Waals surface area contributed by atoms with Gasteiger partial charge in [-0.3, -0.25) is 4.79 Å². The Kier molecular flexibility index (Phi) is 4.25. The van der Waals surface area contributed by atoms with Gasteiger partial charge in [-0.2, -0.15) is 0 Å². The minimum Gasteiger partial charge on any atom is -0.507 e. The van der Waals surface area contributed by atoms with Crippen LogP contribution in [0.2, 0.25) is 0 Å². The number of nitrogens with one attached hydrogen (secondary N) is 1. The first-order valence-electron chi connectivity index (χ1n) is 5.18. The van der Waals surface area contributed by atoms with Gasteiger partial charge in [-0.1, -0.05) is 0 Å². The molecule has 4 N–H and O–H groups in total. The molecule has 0 aliphatic carbocycles. The summed E-state index contributed by atoms with van der Waals surface area (Å²) in [5.41, 5.74) is 6.41. The van der Waals surface area contributed by atoms with Crippen LogP contribution < -0.4 is 11.1 Å². The molecular formula is C12H9BrIN3O2. The van der Waals surface area contributed by atoms with Crippen LogP contribution in [0.3, 0.4) is 0 Å². The average molecular weight is 434 g/mol. The summed E-state index contributed by atoms with van der Waals surface area (Å²) in [6.07, 6.45) is 1.45. The number of pyridine rings is 1. The molecule has 5 nitrogen and oxygen atoms in total. The van der Waals surface area contributed by atoms with E-state index in [0.29, 0.717) is 25.1 Å². The molecule has 0 spiro atoms. The van der Waals surface area contributed by atoms with Gasteiger partial charge in [-0.25, -0.2) is 4.98 Å². The maximum Gasteiger partial charge on any atom is 0.256 e. The first-order valence-corrected chi connectivity index (χ1v) is 7.05. The predicted molar refractivity (Wildman–Crippen MR) is 85.1 cm³/mol. The Morgan fingerprint density at radius 3 is 2.79 bits per heavy atom. The van der Waals surface area contributed by atoms with E-state index in [1.54, 1.807) is 18.2 Å². The molecule has 1 amide bonds. The summed E-state index contributed by atoms with van der Waals surface area (Å²) in [5.74, 6) is 0.0829. The number of amides is 1. The number of aromatic nitrogens is 1. The van der Waals surface area contributed by atoms with Crippen molar-refractivity contribution in [3.63, 3.8) is 0 Å². The van der Waals surface area contributed by atoms with Crippen molar-refractivity contribution in [2.45, 2.75) is 0 Å². The van der Waals surface area contributed by atoms with Gasteiger partial charge in [0.25, 0.3) is 5.91 Å². The highest BCUT2D eigenvalue weighted by molar-refractivity contribution is 14.1. The van der Waals surface area contributed by atoms with Crippen LogP contribution in [0.1, 0.15) is 10.4 Å². The maximum atomic E-state index is 12.0. The molecule has 0 atom stereocenters. The number of benzene rings is 1. The number of phenols is 1. The molecule has 19 heavy (non-hydrogen) atoms. The highest BCUT2D eigenvalue weighted by Gasteiger charge is 2.11. The second kappa shape index (κ2) is 5.74. The van der Waals surface area contributed by atoms with Gasteiger partial charge in [-0.05, 0) is 62.8 Å². The third-order valence-electron chi connectivity index (χ3n) is 2.30. The molecule has 7 heteroatoms. The van der Waals surface area contributed by atoms with Crippen molar-refractivity contribution in [3.8, 4) is 5.75 Å². The molecule has 1 aromatic heterocycles. The van der Waals surface area contributed by atoms with Gasteiger partial charge in [0, 0.05) is 5.56 Å². The van der Waals surface area contributed by atoms with E-state index in [1.165, 1.54) is 12.3 Å². The summed E-state index contributed by atoms with van der Waals surface area (Å²) in [6.45, 7) is 0. The highest BCUT2D eigenvalue weighted by Crippen LogP contribution is 2.24. The lowest BCUT2D eigenvalue weighted by Gasteiger charge is -2.07. The first kappa shape index (κ1) is 14.1. The number of carbonyl (C=O) groups is 1. The molecule has 0 saturated carbocycles. The lowest BCUT2D eigenvalue weighted by Crippen LogP contribution is -2.13. The van der Waals surface area contributed by atoms with Crippen molar-refractivity contribution in [2.75, 3.05) is 11.1 Å². The molecule has 0 radical (unpaired) electrons. The number of hydrogen-bond donors (Lipinski definition) is 3. The van der Waals surface area contributed by atoms with E-state index in [1.807, 2.05) is 22.6 Å². The summed E-state index contributed by atoms with van der Waals surface area (Å²) < 4.78 is 1.27. The molecular weight excluding hydrogens is 425 g/mol. The van der Waals surface area contributed by atoms with Gasteiger partial charge in [0.1, 0.15) is 11.6 Å². The molecule has 1 heterocycles. The molecule has 98 valence electrons. The summed E-state index contributed by atoms with van der Waals surface area (Å²) in [5, 5.41) is 12.2. The molecule has 0 aliphatic rings. The molecule has 0 unspecified atom stereocenters. The second-order valence-electron chi connectivity index (χ2n) is 3.72. The van der Waals surface area contributed by atoms with Crippen LogP contribution in [0.15, 0.2) is 34.9 Å². The fourth-order valence-corrected chi connectivity index (χ4v) is 2.18. The van der Waals surface area contributed by atoms with E-state index in [2.05, 4.69) is 26.2 Å². The number of rotatable bonds is 2. The minimum atomic E-state index is -0.357. The number of nitrogen functional groups attached to an aromatic ring is 1. The molecule has 0 fully saturated rings. The van der Waals surface area contributed by atoms with Crippen LogP contribution in [0.25, 0.3) is 0 Å². The summed E-state index contributed by atoms with van der Waals surface area (Å²) in [6, 6.07) is 6.34. The van der Waals surface area contributed by atoms with Crippen LogP contribution >= 0.6 is 38.5 Å². The van der Waals surface area contributed by atoms with Crippen molar-refractivity contribution in [1.82, 2.24) is 4.98 Å². The van der Waals surface area contributed by atoms with Crippen molar-refractivity contribution < 1.29 is 9.90 Å². The van der Waals surface area contributed by atoms with Gasteiger partial charge in [-0.15, -0.1) is 0 Å². The molecule has 1 aromatic carbocycles. The third-order valence-corrected chi connectivity index (χ3v) is 3.82. The number of nitrogens with zero attached hydrogens (tertiary/aromatic N) is 1. The zero-order chi connectivity index (χ0) is 14.0. The van der Waals surface area contributed by atoms with Gasteiger partial charge in [0.15, 0.2) is 0 Å². The number of anilines is 2. The quantitative estimate of drug-likeness (QED) is 0.635. The third kappa shape index (κ3) is 3.35. The first-order chi connectivity index (χ1) is 8.97. The Morgan fingerprint density at radius 2 is 2.16 bits per heavy atom. The lowest BCUT2D eigenvalue weighted by molar-refractivity contribution is 0.102. The molecule has 0 saturated heterocycles. The minimum absolute atomic E-state index is 0.0672.